The number of nitrogens with zero attached hydrogens (tertiary/aromatic N) is 3. The number of morpholine rings is 1. The van der Waals surface area contributed by atoms with Gasteiger partial charge < -0.3 is 14.4 Å². The van der Waals surface area contributed by atoms with Crippen LogP contribution in [-0.2, 0) is 25.5 Å². The SMILES string of the molecule is CSc1nc(C)c(CCC(=O)OC(C(=O)N2CCOCC2)c2ccccc2)c(C)n1. The molecule has 1 saturated heterocycles. The lowest BCUT2D eigenvalue weighted by molar-refractivity contribution is -0.162. The van der Waals surface area contributed by atoms with E-state index in [0.717, 1.165) is 22.1 Å². The van der Waals surface area contributed by atoms with E-state index < -0.39 is 12.1 Å². The van der Waals surface area contributed by atoms with E-state index in [-0.39, 0.29) is 12.3 Å². The highest BCUT2D eigenvalue weighted by atomic mass is 32.2. The minimum Gasteiger partial charge on any atom is -0.447 e. The van der Waals surface area contributed by atoms with Crippen LogP contribution in [0.15, 0.2) is 35.5 Å². The van der Waals surface area contributed by atoms with Crippen LogP contribution in [-0.4, -0.2) is 59.3 Å². The summed E-state index contributed by atoms with van der Waals surface area (Å²) in [5.74, 6) is -0.629. The number of ether oxygens (including phenoxy) is 2. The lowest BCUT2D eigenvalue weighted by Gasteiger charge is -2.30. The third-order valence-corrected chi connectivity index (χ3v) is 5.61. The highest BCUT2D eigenvalue weighted by Gasteiger charge is 2.30. The second-order valence-electron chi connectivity index (χ2n) is 7.08. The molecule has 0 bridgehead atoms. The van der Waals surface area contributed by atoms with Gasteiger partial charge in [0.25, 0.3) is 5.91 Å². The number of aromatic nitrogens is 2. The van der Waals surface area contributed by atoms with Crippen molar-refractivity contribution in [1.82, 2.24) is 14.9 Å². The predicted octanol–water partition coefficient (Wildman–Crippen LogP) is 2.89. The Labute approximate surface area is 181 Å². The van der Waals surface area contributed by atoms with Crippen LogP contribution in [0.2, 0.25) is 0 Å². The van der Waals surface area contributed by atoms with Gasteiger partial charge in [-0.15, -0.1) is 0 Å². The van der Waals surface area contributed by atoms with Gasteiger partial charge in [0, 0.05) is 36.5 Å². The van der Waals surface area contributed by atoms with Crippen LogP contribution >= 0.6 is 11.8 Å². The van der Waals surface area contributed by atoms with Crippen molar-refractivity contribution in [3.63, 3.8) is 0 Å². The Balaban J connectivity index is 1.70. The quantitative estimate of drug-likeness (QED) is 0.380. The molecule has 0 aliphatic carbocycles. The second kappa shape index (κ2) is 10.5. The van der Waals surface area contributed by atoms with E-state index in [1.165, 1.54) is 11.8 Å². The minimum absolute atomic E-state index is 0.156. The summed E-state index contributed by atoms with van der Waals surface area (Å²) in [6.45, 7) is 5.82. The van der Waals surface area contributed by atoms with E-state index >= 15 is 0 Å². The summed E-state index contributed by atoms with van der Waals surface area (Å²) in [6, 6.07) is 9.14. The summed E-state index contributed by atoms with van der Waals surface area (Å²) in [7, 11) is 0. The van der Waals surface area contributed by atoms with Crippen molar-refractivity contribution < 1.29 is 19.1 Å². The molecule has 1 aromatic carbocycles. The number of amides is 1. The van der Waals surface area contributed by atoms with Crippen LogP contribution in [0.3, 0.4) is 0 Å². The molecule has 1 aromatic heterocycles. The Morgan fingerprint density at radius 2 is 1.77 bits per heavy atom. The number of esters is 1. The molecule has 2 aromatic rings. The summed E-state index contributed by atoms with van der Waals surface area (Å²) < 4.78 is 11.0. The van der Waals surface area contributed by atoms with Crippen LogP contribution in [0.1, 0.15) is 35.0 Å². The number of rotatable bonds is 7. The fourth-order valence-electron chi connectivity index (χ4n) is 3.42. The van der Waals surface area contributed by atoms with Crippen molar-refractivity contribution in [2.75, 3.05) is 32.6 Å². The second-order valence-corrected chi connectivity index (χ2v) is 7.85. The summed E-state index contributed by atoms with van der Waals surface area (Å²) >= 11 is 1.49. The Hall–Kier alpha value is -2.45. The topological polar surface area (TPSA) is 81.6 Å². The molecule has 0 N–H and O–H groups in total. The molecule has 1 aliphatic heterocycles. The van der Waals surface area contributed by atoms with Gasteiger partial charge in [-0.25, -0.2) is 9.97 Å². The first-order chi connectivity index (χ1) is 14.5. The van der Waals surface area contributed by atoms with Crippen molar-refractivity contribution in [1.29, 1.82) is 0 Å². The third-order valence-electron chi connectivity index (χ3n) is 5.06. The maximum atomic E-state index is 13.1. The predicted molar refractivity (Wildman–Crippen MR) is 114 cm³/mol. The number of carbonyl (C=O) groups is 2. The molecule has 1 aliphatic rings. The van der Waals surface area contributed by atoms with Crippen molar-refractivity contribution in [2.45, 2.75) is 37.9 Å². The number of thioether (sulfide) groups is 1. The highest BCUT2D eigenvalue weighted by Crippen LogP contribution is 2.23. The molecular formula is C22H27N3O4S. The van der Waals surface area contributed by atoms with Gasteiger partial charge in [-0.05, 0) is 32.1 Å². The molecular weight excluding hydrogens is 402 g/mol. The zero-order valence-corrected chi connectivity index (χ0v) is 18.4. The fraction of sp³-hybridized carbons (Fsp3) is 0.455. The van der Waals surface area contributed by atoms with Crippen molar-refractivity contribution in [3.8, 4) is 0 Å². The molecule has 3 rings (SSSR count). The highest BCUT2D eigenvalue weighted by molar-refractivity contribution is 7.98. The first kappa shape index (κ1) is 22.2. The van der Waals surface area contributed by atoms with Crippen molar-refractivity contribution in [2.24, 2.45) is 0 Å². The normalized spacial score (nSPS) is 15.0. The molecule has 0 saturated carbocycles. The van der Waals surface area contributed by atoms with Crippen LogP contribution in [0.5, 0.6) is 0 Å². The Bertz CT molecular complexity index is 862. The molecule has 30 heavy (non-hydrogen) atoms. The monoisotopic (exact) mass is 429 g/mol. The standard InChI is InChI=1S/C22H27N3O4S/c1-15-18(16(2)24-22(23-15)30-3)9-10-19(26)29-20(17-7-5-4-6-8-17)21(27)25-11-13-28-14-12-25/h4-8,20H,9-14H2,1-3H3. The maximum Gasteiger partial charge on any atom is 0.307 e. The van der Waals surface area contributed by atoms with Crippen molar-refractivity contribution >= 4 is 23.6 Å². The summed E-state index contributed by atoms with van der Waals surface area (Å²) in [6.07, 6.45) is 1.61. The summed E-state index contributed by atoms with van der Waals surface area (Å²) in [5.41, 5.74) is 3.34. The Morgan fingerprint density at radius 3 is 2.37 bits per heavy atom. The Kier molecular flexibility index (Phi) is 7.81. The van der Waals surface area contributed by atoms with Gasteiger partial charge in [0.1, 0.15) is 0 Å². The largest absolute Gasteiger partial charge is 0.447 e. The van der Waals surface area contributed by atoms with Gasteiger partial charge in [-0.3, -0.25) is 9.59 Å². The van der Waals surface area contributed by atoms with E-state index in [2.05, 4.69) is 9.97 Å². The van der Waals surface area contributed by atoms with E-state index in [0.29, 0.717) is 38.3 Å². The maximum absolute atomic E-state index is 13.1. The lowest BCUT2D eigenvalue weighted by Crippen LogP contribution is -2.44. The molecule has 0 spiro atoms. The van der Waals surface area contributed by atoms with Gasteiger partial charge in [-0.2, -0.15) is 0 Å². The van der Waals surface area contributed by atoms with Crippen LogP contribution < -0.4 is 0 Å². The number of carbonyl (C=O) groups excluding carboxylic acids is 2. The average Bonchev–Trinajstić information content (AvgIpc) is 2.77. The molecule has 1 atom stereocenters. The van der Waals surface area contributed by atoms with Gasteiger partial charge in [0.15, 0.2) is 5.16 Å². The lowest BCUT2D eigenvalue weighted by atomic mass is 10.1. The van der Waals surface area contributed by atoms with Gasteiger partial charge in [-0.1, -0.05) is 42.1 Å². The number of aryl methyl sites for hydroxylation is 2. The summed E-state index contributed by atoms with van der Waals surface area (Å²) in [4.78, 5) is 36.3. The smallest absolute Gasteiger partial charge is 0.307 e. The van der Waals surface area contributed by atoms with E-state index in [9.17, 15) is 9.59 Å². The van der Waals surface area contributed by atoms with E-state index in [1.807, 2.05) is 38.3 Å². The van der Waals surface area contributed by atoms with E-state index in [4.69, 9.17) is 9.47 Å². The third kappa shape index (κ3) is 5.58. The average molecular weight is 430 g/mol. The van der Waals surface area contributed by atoms with Crippen LogP contribution in [0.25, 0.3) is 0 Å². The molecule has 8 heteroatoms. The molecule has 1 amide bonds. The van der Waals surface area contributed by atoms with Crippen LogP contribution in [0, 0.1) is 13.8 Å². The zero-order valence-electron chi connectivity index (χ0n) is 17.6. The molecule has 160 valence electrons. The van der Waals surface area contributed by atoms with E-state index in [1.54, 1.807) is 17.0 Å². The van der Waals surface area contributed by atoms with Crippen LogP contribution in [0.4, 0.5) is 0 Å². The fourth-order valence-corrected chi connectivity index (χ4v) is 3.87. The zero-order chi connectivity index (χ0) is 21.5. The molecule has 1 unspecified atom stereocenters. The van der Waals surface area contributed by atoms with Gasteiger partial charge in [0.05, 0.1) is 13.2 Å². The van der Waals surface area contributed by atoms with Gasteiger partial charge in [0.2, 0.25) is 6.10 Å². The molecule has 1 fully saturated rings. The molecule has 2 heterocycles. The molecule has 0 radical (unpaired) electrons. The first-order valence-corrected chi connectivity index (χ1v) is 11.2. The number of hydrogen-bond acceptors (Lipinski definition) is 7. The number of benzene rings is 1. The minimum atomic E-state index is -0.950. The van der Waals surface area contributed by atoms with Gasteiger partial charge >= 0.3 is 5.97 Å². The number of hydrogen-bond donors (Lipinski definition) is 0. The Morgan fingerprint density at radius 1 is 1.13 bits per heavy atom. The summed E-state index contributed by atoms with van der Waals surface area (Å²) in [5, 5.41) is 0.719. The molecule has 7 nitrogen and oxygen atoms in total. The van der Waals surface area contributed by atoms with Crippen molar-refractivity contribution in [3.05, 3.63) is 52.8 Å². The first-order valence-electron chi connectivity index (χ1n) is 9.98.